The summed E-state index contributed by atoms with van der Waals surface area (Å²) in [5.41, 5.74) is 1.17. The van der Waals surface area contributed by atoms with Gasteiger partial charge in [-0.25, -0.2) is 9.97 Å². The zero-order valence-corrected chi connectivity index (χ0v) is 8.71. The summed E-state index contributed by atoms with van der Waals surface area (Å²) < 4.78 is 5.54. The zero-order chi connectivity index (χ0) is 11.4. The summed E-state index contributed by atoms with van der Waals surface area (Å²) in [7, 11) is 0. The lowest BCUT2D eigenvalue weighted by Gasteiger charge is -2.07. The minimum absolute atomic E-state index is 0.186. The van der Waals surface area contributed by atoms with Crippen LogP contribution in [0.5, 0.6) is 11.6 Å². The summed E-state index contributed by atoms with van der Waals surface area (Å²) in [6.07, 6.45) is 2.96. The Balaban J connectivity index is 2.35. The van der Waals surface area contributed by atoms with Crippen LogP contribution in [0.15, 0.2) is 36.7 Å². The summed E-state index contributed by atoms with van der Waals surface area (Å²) in [5.74, 6) is 0.916. The molecule has 0 saturated heterocycles. The van der Waals surface area contributed by atoms with Crippen LogP contribution in [0, 0.1) is 18.3 Å². The lowest BCUT2D eigenvalue weighted by atomic mass is 10.2. The quantitative estimate of drug-likeness (QED) is 0.765. The second-order valence-corrected chi connectivity index (χ2v) is 3.19. The van der Waals surface area contributed by atoms with Gasteiger partial charge >= 0.3 is 0 Å². The number of ether oxygens (including phenoxy) is 1. The van der Waals surface area contributed by atoms with E-state index in [0.29, 0.717) is 5.75 Å². The lowest BCUT2D eigenvalue weighted by molar-refractivity contribution is 0.455. The molecule has 1 heterocycles. The molecule has 0 aliphatic carbocycles. The molecule has 4 heteroatoms. The maximum absolute atomic E-state index is 8.83. The molecule has 0 radical (unpaired) electrons. The van der Waals surface area contributed by atoms with Gasteiger partial charge in [-0.2, -0.15) is 5.26 Å². The molecule has 0 aliphatic heterocycles. The van der Waals surface area contributed by atoms with Gasteiger partial charge in [0.2, 0.25) is 5.69 Å². The Hall–Kier alpha value is -2.41. The Bertz CT molecular complexity index is 546. The Kier molecular flexibility index (Phi) is 2.79. The third-order valence-corrected chi connectivity index (χ3v) is 2.07. The molecule has 0 spiro atoms. The predicted octanol–water partition coefficient (Wildman–Crippen LogP) is 2.45. The Morgan fingerprint density at radius 1 is 1.19 bits per heavy atom. The van der Waals surface area contributed by atoms with Crippen molar-refractivity contribution < 1.29 is 4.74 Å². The molecule has 0 bridgehead atoms. The molecule has 4 nitrogen and oxygen atoms in total. The van der Waals surface area contributed by atoms with Crippen LogP contribution < -0.4 is 4.74 Å². The van der Waals surface area contributed by atoms with E-state index in [2.05, 4.69) is 9.97 Å². The topological polar surface area (TPSA) is 58.8 Å². The van der Waals surface area contributed by atoms with E-state index in [1.807, 2.05) is 37.3 Å². The molecule has 0 aliphatic rings. The molecular formula is C12H9N3O. The van der Waals surface area contributed by atoms with Crippen LogP contribution in [-0.4, -0.2) is 9.97 Å². The second-order valence-electron chi connectivity index (χ2n) is 3.19. The predicted molar refractivity (Wildman–Crippen MR) is 58.0 cm³/mol. The average molecular weight is 211 g/mol. The fraction of sp³-hybridized carbons (Fsp3) is 0.0833. The van der Waals surface area contributed by atoms with Gasteiger partial charge in [-0.3, -0.25) is 0 Å². The van der Waals surface area contributed by atoms with E-state index in [4.69, 9.17) is 10.00 Å². The highest BCUT2D eigenvalue weighted by atomic mass is 16.5. The van der Waals surface area contributed by atoms with E-state index < -0.39 is 0 Å². The second kappa shape index (κ2) is 4.41. The normalized spacial score (nSPS) is 9.50. The number of hydrogen-bond donors (Lipinski definition) is 0. The fourth-order valence-electron chi connectivity index (χ4n) is 1.25. The summed E-state index contributed by atoms with van der Waals surface area (Å²) in [6.45, 7) is 1.93. The van der Waals surface area contributed by atoms with Crippen molar-refractivity contribution in [1.82, 2.24) is 9.97 Å². The largest absolute Gasteiger partial charge is 0.436 e. The highest BCUT2D eigenvalue weighted by Gasteiger charge is 2.07. The Morgan fingerprint density at radius 2 is 1.94 bits per heavy atom. The van der Waals surface area contributed by atoms with E-state index >= 15 is 0 Å². The van der Waals surface area contributed by atoms with Gasteiger partial charge in [0.1, 0.15) is 11.8 Å². The number of benzene rings is 1. The first-order chi connectivity index (χ1) is 7.81. The van der Waals surface area contributed by atoms with Gasteiger partial charge in [-0.15, -0.1) is 0 Å². The van der Waals surface area contributed by atoms with Crippen LogP contribution in [-0.2, 0) is 0 Å². The van der Waals surface area contributed by atoms with Crippen molar-refractivity contribution in [3.8, 4) is 17.7 Å². The highest BCUT2D eigenvalue weighted by molar-refractivity contribution is 5.38. The van der Waals surface area contributed by atoms with Crippen LogP contribution in [0.3, 0.4) is 0 Å². The lowest BCUT2D eigenvalue weighted by Crippen LogP contribution is -1.95. The summed E-state index contributed by atoms with van der Waals surface area (Å²) >= 11 is 0. The standard InChI is InChI=1S/C12H9N3O/c1-9-4-2-3-5-11(9)16-12-10(8-13)14-6-7-15-12/h2-7H,1H3. The summed E-state index contributed by atoms with van der Waals surface area (Å²) in [5, 5.41) is 8.83. The molecule has 1 aromatic carbocycles. The molecule has 0 unspecified atom stereocenters. The van der Waals surface area contributed by atoms with Gasteiger partial charge < -0.3 is 4.74 Å². The third-order valence-electron chi connectivity index (χ3n) is 2.07. The maximum atomic E-state index is 8.83. The summed E-state index contributed by atoms with van der Waals surface area (Å²) in [6, 6.07) is 9.48. The van der Waals surface area contributed by atoms with Gasteiger partial charge in [0.15, 0.2) is 0 Å². The first kappa shape index (κ1) is 10.1. The molecule has 0 amide bonds. The Labute approximate surface area is 93.2 Å². The highest BCUT2D eigenvalue weighted by Crippen LogP contribution is 2.24. The molecule has 16 heavy (non-hydrogen) atoms. The van der Waals surface area contributed by atoms with Crippen LogP contribution >= 0.6 is 0 Å². The molecule has 78 valence electrons. The van der Waals surface area contributed by atoms with Crippen molar-refractivity contribution in [3.63, 3.8) is 0 Å². The number of hydrogen-bond acceptors (Lipinski definition) is 4. The number of nitrogens with zero attached hydrogens (tertiary/aromatic N) is 3. The molecule has 2 aromatic rings. The van der Waals surface area contributed by atoms with E-state index in [0.717, 1.165) is 5.56 Å². The molecule has 2 rings (SSSR count). The van der Waals surface area contributed by atoms with Gasteiger partial charge in [0.25, 0.3) is 5.88 Å². The molecule has 0 fully saturated rings. The van der Waals surface area contributed by atoms with Crippen molar-refractivity contribution in [2.24, 2.45) is 0 Å². The average Bonchev–Trinajstić information content (AvgIpc) is 2.33. The molecule has 1 aromatic heterocycles. The SMILES string of the molecule is Cc1ccccc1Oc1nccnc1C#N. The maximum Gasteiger partial charge on any atom is 0.256 e. The molecule has 0 atom stereocenters. The molecular weight excluding hydrogens is 202 g/mol. The third kappa shape index (κ3) is 1.98. The van der Waals surface area contributed by atoms with Gasteiger partial charge in [-0.05, 0) is 18.6 Å². The van der Waals surface area contributed by atoms with Gasteiger partial charge in [0.05, 0.1) is 0 Å². The van der Waals surface area contributed by atoms with E-state index in [1.165, 1.54) is 12.4 Å². The summed E-state index contributed by atoms with van der Waals surface area (Å²) in [4.78, 5) is 7.85. The van der Waals surface area contributed by atoms with E-state index in [9.17, 15) is 0 Å². The first-order valence-corrected chi connectivity index (χ1v) is 4.76. The smallest absolute Gasteiger partial charge is 0.256 e. The monoisotopic (exact) mass is 211 g/mol. The number of aromatic nitrogens is 2. The zero-order valence-electron chi connectivity index (χ0n) is 8.71. The van der Waals surface area contributed by atoms with Crippen molar-refractivity contribution >= 4 is 0 Å². The van der Waals surface area contributed by atoms with Crippen molar-refractivity contribution in [2.45, 2.75) is 6.92 Å². The first-order valence-electron chi connectivity index (χ1n) is 4.76. The Morgan fingerprint density at radius 3 is 2.69 bits per heavy atom. The number of rotatable bonds is 2. The van der Waals surface area contributed by atoms with Gasteiger partial charge in [-0.1, -0.05) is 18.2 Å². The van der Waals surface area contributed by atoms with Crippen molar-refractivity contribution in [2.75, 3.05) is 0 Å². The van der Waals surface area contributed by atoms with Crippen molar-refractivity contribution in [1.29, 1.82) is 5.26 Å². The van der Waals surface area contributed by atoms with Crippen LogP contribution in [0.1, 0.15) is 11.3 Å². The van der Waals surface area contributed by atoms with E-state index in [1.54, 1.807) is 0 Å². The fourth-order valence-corrected chi connectivity index (χ4v) is 1.25. The van der Waals surface area contributed by atoms with Crippen LogP contribution in [0.4, 0.5) is 0 Å². The van der Waals surface area contributed by atoms with Gasteiger partial charge in [0, 0.05) is 12.4 Å². The molecule has 0 N–H and O–H groups in total. The number of nitriles is 1. The number of para-hydroxylation sites is 1. The minimum atomic E-state index is 0.186. The molecule has 0 saturated carbocycles. The minimum Gasteiger partial charge on any atom is -0.436 e. The number of aryl methyl sites for hydroxylation is 1. The van der Waals surface area contributed by atoms with Crippen molar-refractivity contribution in [3.05, 3.63) is 47.9 Å². The van der Waals surface area contributed by atoms with Crippen LogP contribution in [0.2, 0.25) is 0 Å². The van der Waals surface area contributed by atoms with Crippen LogP contribution in [0.25, 0.3) is 0 Å². The van der Waals surface area contributed by atoms with E-state index in [-0.39, 0.29) is 11.6 Å².